The van der Waals surface area contributed by atoms with Gasteiger partial charge in [0.1, 0.15) is 5.75 Å². The van der Waals surface area contributed by atoms with E-state index in [0.717, 1.165) is 25.8 Å². The van der Waals surface area contributed by atoms with E-state index in [-0.39, 0.29) is 24.2 Å². The summed E-state index contributed by atoms with van der Waals surface area (Å²) >= 11 is 0. The van der Waals surface area contributed by atoms with Gasteiger partial charge in [-0.2, -0.15) is 0 Å². The van der Waals surface area contributed by atoms with Gasteiger partial charge in [-0.3, -0.25) is 14.9 Å². The first-order valence-electron chi connectivity index (χ1n) is 7.38. The molecule has 1 atom stereocenters. The van der Waals surface area contributed by atoms with Crippen molar-refractivity contribution in [1.29, 1.82) is 0 Å². The zero-order valence-corrected chi connectivity index (χ0v) is 12.9. The van der Waals surface area contributed by atoms with Crippen molar-refractivity contribution >= 4 is 17.3 Å². The Morgan fingerprint density at radius 3 is 2.91 bits per heavy atom. The van der Waals surface area contributed by atoms with Crippen molar-refractivity contribution in [3.05, 3.63) is 28.3 Å². The van der Waals surface area contributed by atoms with Crippen LogP contribution in [-0.4, -0.2) is 42.0 Å². The van der Waals surface area contributed by atoms with Crippen LogP contribution in [0.1, 0.15) is 26.2 Å². The minimum Gasteiger partial charge on any atom is -0.495 e. The topological polar surface area (TPSA) is 84.7 Å². The second kappa shape index (κ2) is 7.11. The van der Waals surface area contributed by atoms with Gasteiger partial charge in [-0.15, -0.1) is 0 Å². The maximum atomic E-state index is 12.3. The molecular formula is C15H21N3O4. The molecule has 7 heteroatoms. The summed E-state index contributed by atoms with van der Waals surface area (Å²) in [5.41, 5.74) is 0.414. The highest BCUT2D eigenvalue weighted by Gasteiger charge is 2.23. The van der Waals surface area contributed by atoms with Crippen molar-refractivity contribution in [2.45, 2.75) is 32.2 Å². The fraction of sp³-hybridized carbons (Fsp3) is 0.533. The van der Waals surface area contributed by atoms with Crippen molar-refractivity contribution in [3.63, 3.8) is 0 Å². The molecule has 1 N–H and O–H groups in total. The molecule has 1 fully saturated rings. The minimum atomic E-state index is -0.473. The lowest BCUT2D eigenvalue weighted by Gasteiger charge is -2.33. The van der Waals surface area contributed by atoms with Crippen LogP contribution >= 0.6 is 0 Å². The molecule has 1 aromatic rings. The zero-order chi connectivity index (χ0) is 16.1. The summed E-state index contributed by atoms with van der Waals surface area (Å²) in [6.45, 7) is 2.92. The quantitative estimate of drug-likeness (QED) is 0.667. The average Bonchev–Trinajstić information content (AvgIpc) is 2.52. The Hall–Kier alpha value is -2.31. The van der Waals surface area contributed by atoms with Gasteiger partial charge in [-0.05, 0) is 32.3 Å². The van der Waals surface area contributed by atoms with E-state index < -0.39 is 4.92 Å². The normalized spacial score (nSPS) is 17.9. The maximum absolute atomic E-state index is 12.3. The number of nitro benzene ring substituents is 1. The molecule has 2 rings (SSSR count). The summed E-state index contributed by atoms with van der Waals surface area (Å²) in [7, 11) is 1.49. The number of carbonyl (C=O) groups excluding carboxylic acids is 1. The number of carbonyl (C=O) groups is 1. The summed E-state index contributed by atoms with van der Waals surface area (Å²) in [5.74, 6) is 0.478. The van der Waals surface area contributed by atoms with E-state index in [1.54, 1.807) is 0 Å². The van der Waals surface area contributed by atoms with Crippen molar-refractivity contribution < 1.29 is 14.5 Å². The standard InChI is InChI=1S/C15H21N3O4/c1-11-5-3-4-8-17(11)15(19)10-16-13-9-12(18(20)21)6-7-14(13)22-2/h6-7,9,11,16H,3-5,8,10H2,1-2H3. The Kier molecular flexibility index (Phi) is 5.19. The average molecular weight is 307 g/mol. The van der Waals surface area contributed by atoms with Gasteiger partial charge in [-0.25, -0.2) is 0 Å². The van der Waals surface area contributed by atoms with E-state index in [1.807, 2.05) is 11.8 Å². The number of hydrogen-bond donors (Lipinski definition) is 1. The third-order valence-electron chi connectivity index (χ3n) is 3.95. The van der Waals surface area contributed by atoms with Crippen LogP contribution < -0.4 is 10.1 Å². The maximum Gasteiger partial charge on any atom is 0.271 e. The third-order valence-corrected chi connectivity index (χ3v) is 3.95. The van der Waals surface area contributed by atoms with Crippen LogP contribution in [0.25, 0.3) is 0 Å². The monoisotopic (exact) mass is 307 g/mol. The van der Waals surface area contributed by atoms with Gasteiger partial charge in [-0.1, -0.05) is 0 Å². The number of hydrogen-bond acceptors (Lipinski definition) is 5. The number of piperidine rings is 1. The molecule has 1 aliphatic rings. The number of nitrogens with one attached hydrogen (secondary N) is 1. The van der Waals surface area contributed by atoms with Crippen molar-refractivity contribution in [2.24, 2.45) is 0 Å². The number of rotatable bonds is 5. The Morgan fingerprint density at radius 2 is 2.27 bits per heavy atom. The van der Waals surface area contributed by atoms with Gasteiger partial charge in [0.2, 0.25) is 5.91 Å². The molecular weight excluding hydrogens is 286 g/mol. The van der Waals surface area contributed by atoms with Crippen LogP contribution in [0.15, 0.2) is 18.2 Å². The first-order valence-corrected chi connectivity index (χ1v) is 7.38. The molecule has 1 amide bonds. The summed E-state index contributed by atoms with van der Waals surface area (Å²) < 4.78 is 5.17. The molecule has 0 radical (unpaired) electrons. The molecule has 7 nitrogen and oxygen atoms in total. The van der Waals surface area contributed by atoms with E-state index in [9.17, 15) is 14.9 Å². The lowest BCUT2D eigenvalue weighted by atomic mass is 10.0. The Balaban J connectivity index is 2.05. The van der Waals surface area contributed by atoms with E-state index in [2.05, 4.69) is 5.32 Å². The number of nitrogens with zero attached hydrogens (tertiary/aromatic N) is 2. The highest BCUT2D eigenvalue weighted by Crippen LogP contribution is 2.28. The minimum absolute atomic E-state index is 0.000703. The molecule has 120 valence electrons. The first-order chi connectivity index (χ1) is 10.5. The summed E-state index contributed by atoms with van der Waals surface area (Å²) in [6, 6.07) is 4.52. The highest BCUT2D eigenvalue weighted by atomic mass is 16.6. The molecule has 1 saturated heterocycles. The van der Waals surface area contributed by atoms with E-state index in [4.69, 9.17) is 4.74 Å². The SMILES string of the molecule is COc1ccc([N+](=O)[O-])cc1NCC(=O)N1CCCCC1C. The number of methoxy groups -OCH3 is 1. The fourth-order valence-electron chi connectivity index (χ4n) is 2.69. The summed E-state index contributed by atoms with van der Waals surface area (Å²) in [5, 5.41) is 13.8. The van der Waals surface area contributed by atoms with Crippen LogP contribution in [0.2, 0.25) is 0 Å². The predicted octanol–water partition coefficient (Wildman–Crippen LogP) is 2.42. The van der Waals surface area contributed by atoms with Crippen LogP contribution in [-0.2, 0) is 4.79 Å². The first kappa shape index (κ1) is 16.1. The highest BCUT2D eigenvalue weighted by molar-refractivity contribution is 5.82. The molecule has 1 aromatic carbocycles. The third kappa shape index (κ3) is 3.66. The Labute approximate surface area is 129 Å². The van der Waals surface area contributed by atoms with E-state index in [1.165, 1.54) is 25.3 Å². The van der Waals surface area contributed by atoms with Gasteiger partial charge in [0.15, 0.2) is 0 Å². The number of non-ortho nitro benzene ring substituents is 1. The summed E-state index contributed by atoms with van der Waals surface area (Å²) in [6.07, 6.45) is 3.19. The number of ether oxygens (including phenoxy) is 1. The van der Waals surface area contributed by atoms with Gasteiger partial charge < -0.3 is 15.0 Å². The molecule has 0 spiro atoms. The molecule has 1 aliphatic heterocycles. The van der Waals surface area contributed by atoms with Crippen molar-refractivity contribution in [1.82, 2.24) is 4.90 Å². The Morgan fingerprint density at radius 1 is 1.50 bits per heavy atom. The van der Waals surface area contributed by atoms with Gasteiger partial charge in [0.25, 0.3) is 5.69 Å². The van der Waals surface area contributed by atoms with Gasteiger partial charge >= 0.3 is 0 Å². The van der Waals surface area contributed by atoms with Crippen molar-refractivity contribution in [3.8, 4) is 5.75 Å². The lowest BCUT2D eigenvalue weighted by Crippen LogP contribution is -2.44. The van der Waals surface area contributed by atoms with Crippen LogP contribution in [0.4, 0.5) is 11.4 Å². The van der Waals surface area contributed by atoms with Gasteiger partial charge in [0.05, 0.1) is 24.3 Å². The second-order valence-electron chi connectivity index (χ2n) is 5.43. The largest absolute Gasteiger partial charge is 0.495 e. The lowest BCUT2D eigenvalue weighted by molar-refractivity contribution is -0.384. The molecule has 0 saturated carbocycles. The molecule has 0 bridgehead atoms. The fourth-order valence-corrected chi connectivity index (χ4v) is 2.69. The zero-order valence-electron chi connectivity index (χ0n) is 12.9. The van der Waals surface area contributed by atoms with Crippen LogP contribution in [0, 0.1) is 10.1 Å². The predicted molar refractivity (Wildman–Crippen MR) is 83.2 cm³/mol. The van der Waals surface area contributed by atoms with Crippen LogP contribution in [0.3, 0.4) is 0 Å². The number of amides is 1. The smallest absolute Gasteiger partial charge is 0.271 e. The summed E-state index contributed by atoms with van der Waals surface area (Å²) in [4.78, 5) is 24.5. The molecule has 1 unspecified atom stereocenters. The van der Waals surface area contributed by atoms with Crippen molar-refractivity contribution in [2.75, 3.05) is 25.5 Å². The molecule has 0 aromatic heterocycles. The van der Waals surface area contributed by atoms with E-state index >= 15 is 0 Å². The van der Waals surface area contributed by atoms with Crippen LogP contribution in [0.5, 0.6) is 5.75 Å². The molecule has 22 heavy (non-hydrogen) atoms. The molecule has 0 aliphatic carbocycles. The van der Waals surface area contributed by atoms with E-state index in [0.29, 0.717) is 11.4 Å². The number of likely N-dealkylation sites (tertiary alicyclic amines) is 1. The Bertz CT molecular complexity index is 562. The van der Waals surface area contributed by atoms with Gasteiger partial charge in [0, 0.05) is 24.7 Å². The second-order valence-corrected chi connectivity index (χ2v) is 5.43. The number of nitro groups is 1. The number of benzene rings is 1. The number of anilines is 1. The molecule has 1 heterocycles.